The van der Waals surface area contributed by atoms with Crippen LogP contribution >= 0.6 is 0 Å². The van der Waals surface area contributed by atoms with Gasteiger partial charge < -0.3 is 10.3 Å². The van der Waals surface area contributed by atoms with E-state index >= 15 is 0 Å². The van der Waals surface area contributed by atoms with Crippen molar-refractivity contribution in [1.82, 2.24) is 10.1 Å². The molecular weight excluding hydrogens is 214 g/mol. The van der Waals surface area contributed by atoms with E-state index in [9.17, 15) is 0 Å². The molecule has 0 aliphatic carbocycles. The third-order valence-corrected chi connectivity index (χ3v) is 3.53. The molecule has 4 heteroatoms. The molecule has 1 saturated heterocycles. The molecular formula is C13H23N3O. The standard InChI is InChI=1S/C13H23N3O/c1-11-12(6-7-14)13(15-17-11)10-16-8-4-2-3-5-9-16/h2-10,14H2,1H3. The van der Waals surface area contributed by atoms with Crippen LogP contribution in [-0.4, -0.2) is 29.7 Å². The molecule has 1 aliphatic rings. The number of nitrogens with zero attached hydrogens (tertiary/aromatic N) is 2. The molecule has 0 bridgehead atoms. The van der Waals surface area contributed by atoms with Crippen LogP contribution in [0.2, 0.25) is 0 Å². The van der Waals surface area contributed by atoms with Crippen LogP contribution in [-0.2, 0) is 13.0 Å². The summed E-state index contributed by atoms with van der Waals surface area (Å²) >= 11 is 0. The van der Waals surface area contributed by atoms with Gasteiger partial charge in [0.25, 0.3) is 0 Å². The van der Waals surface area contributed by atoms with Gasteiger partial charge in [-0.2, -0.15) is 0 Å². The molecule has 96 valence electrons. The molecule has 17 heavy (non-hydrogen) atoms. The lowest BCUT2D eigenvalue weighted by Gasteiger charge is -2.18. The van der Waals surface area contributed by atoms with Crippen molar-refractivity contribution in [1.29, 1.82) is 0 Å². The van der Waals surface area contributed by atoms with Crippen molar-refractivity contribution in [3.05, 3.63) is 17.0 Å². The van der Waals surface area contributed by atoms with Gasteiger partial charge in [0.15, 0.2) is 0 Å². The van der Waals surface area contributed by atoms with Crippen molar-refractivity contribution in [2.75, 3.05) is 19.6 Å². The summed E-state index contributed by atoms with van der Waals surface area (Å²) in [6.07, 6.45) is 6.22. The Hall–Kier alpha value is -0.870. The summed E-state index contributed by atoms with van der Waals surface area (Å²) in [7, 11) is 0. The van der Waals surface area contributed by atoms with Gasteiger partial charge >= 0.3 is 0 Å². The number of aromatic nitrogens is 1. The van der Waals surface area contributed by atoms with Crippen molar-refractivity contribution < 1.29 is 4.52 Å². The summed E-state index contributed by atoms with van der Waals surface area (Å²) in [5.41, 5.74) is 7.94. The van der Waals surface area contributed by atoms with Gasteiger partial charge in [0.2, 0.25) is 0 Å². The molecule has 2 rings (SSSR count). The number of rotatable bonds is 4. The van der Waals surface area contributed by atoms with Crippen LogP contribution in [0.1, 0.15) is 42.7 Å². The molecule has 2 heterocycles. The molecule has 0 atom stereocenters. The smallest absolute Gasteiger partial charge is 0.137 e. The highest BCUT2D eigenvalue weighted by Crippen LogP contribution is 2.18. The highest BCUT2D eigenvalue weighted by molar-refractivity contribution is 5.22. The number of hydrogen-bond acceptors (Lipinski definition) is 4. The molecule has 1 aliphatic heterocycles. The Morgan fingerprint density at radius 3 is 2.59 bits per heavy atom. The fraction of sp³-hybridized carbons (Fsp3) is 0.769. The minimum Gasteiger partial charge on any atom is -0.361 e. The van der Waals surface area contributed by atoms with Crippen LogP contribution in [0, 0.1) is 6.92 Å². The minimum atomic E-state index is 0.662. The van der Waals surface area contributed by atoms with E-state index in [1.807, 2.05) is 6.92 Å². The molecule has 2 N–H and O–H groups in total. The van der Waals surface area contributed by atoms with Gasteiger partial charge in [-0.3, -0.25) is 4.90 Å². The van der Waals surface area contributed by atoms with Crippen molar-refractivity contribution in [3.63, 3.8) is 0 Å². The molecule has 0 amide bonds. The van der Waals surface area contributed by atoms with Crippen molar-refractivity contribution in [3.8, 4) is 0 Å². The van der Waals surface area contributed by atoms with Crippen LogP contribution in [0.25, 0.3) is 0 Å². The van der Waals surface area contributed by atoms with Crippen LogP contribution in [0.4, 0.5) is 0 Å². The van der Waals surface area contributed by atoms with Gasteiger partial charge in [-0.25, -0.2) is 0 Å². The lowest BCUT2D eigenvalue weighted by atomic mass is 10.1. The van der Waals surface area contributed by atoms with E-state index in [-0.39, 0.29) is 0 Å². The molecule has 1 aromatic heterocycles. The van der Waals surface area contributed by atoms with Gasteiger partial charge in [0.1, 0.15) is 11.5 Å². The number of aryl methyl sites for hydroxylation is 1. The Labute approximate surface area is 103 Å². The van der Waals surface area contributed by atoms with Crippen LogP contribution in [0.5, 0.6) is 0 Å². The van der Waals surface area contributed by atoms with Crippen molar-refractivity contribution in [2.24, 2.45) is 5.73 Å². The zero-order valence-electron chi connectivity index (χ0n) is 10.7. The van der Waals surface area contributed by atoms with Gasteiger partial charge in [-0.05, 0) is 45.8 Å². The summed E-state index contributed by atoms with van der Waals surface area (Å²) in [6.45, 7) is 5.94. The third kappa shape index (κ3) is 3.30. The maximum Gasteiger partial charge on any atom is 0.137 e. The lowest BCUT2D eigenvalue weighted by Crippen LogP contribution is -2.25. The molecule has 4 nitrogen and oxygen atoms in total. The first-order valence-corrected chi connectivity index (χ1v) is 6.67. The molecule has 0 radical (unpaired) electrons. The second kappa shape index (κ2) is 6.17. The molecule has 0 spiro atoms. The lowest BCUT2D eigenvalue weighted by molar-refractivity contribution is 0.265. The maximum atomic E-state index is 5.63. The minimum absolute atomic E-state index is 0.662. The largest absolute Gasteiger partial charge is 0.361 e. The first kappa shape index (κ1) is 12.6. The molecule has 0 aromatic carbocycles. The third-order valence-electron chi connectivity index (χ3n) is 3.53. The monoisotopic (exact) mass is 237 g/mol. The van der Waals surface area contributed by atoms with Gasteiger partial charge in [0, 0.05) is 12.1 Å². The Morgan fingerprint density at radius 2 is 1.94 bits per heavy atom. The summed E-state index contributed by atoms with van der Waals surface area (Å²) in [4.78, 5) is 2.49. The van der Waals surface area contributed by atoms with E-state index in [2.05, 4.69) is 10.1 Å². The van der Waals surface area contributed by atoms with E-state index in [4.69, 9.17) is 10.3 Å². The highest BCUT2D eigenvalue weighted by atomic mass is 16.5. The topological polar surface area (TPSA) is 55.3 Å². The number of nitrogens with two attached hydrogens (primary N) is 1. The number of hydrogen-bond donors (Lipinski definition) is 1. The summed E-state index contributed by atoms with van der Waals surface area (Å²) in [6, 6.07) is 0. The van der Waals surface area contributed by atoms with Crippen LogP contribution in [0.15, 0.2) is 4.52 Å². The van der Waals surface area contributed by atoms with Crippen molar-refractivity contribution in [2.45, 2.75) is 45.6 Å². The molecule has 0 unspecified atom stereocenters. The predicted molar refractivity (Wildman–Crippen MR) is 67.7 cm³/mol. The Balaban J connectivity index is 2.01. The van der Waals surface area contributed by atoms with Crippen LogP contribution < -0.4 is 5.73 Å². The second-order valence-electron chi connectivity index (χ2n) is 4.89. The average Bonchev–Trinajstić information content (AvgIpc) is 2.57. The van der Waals surface area contributed by atoms with E-state index in [0.717, 1.165) is 24.4 Å². The molecule has 1 aromatic rings. The van der Waals surface area contributed by atoms with Gasteiger partial charge in [-0.15, -0.1) is 0 Å². The maximum absolute atomic E-state index is 5.63. The molecule has 1 fully saturated rings. The number of likely N-dealkylation sites (tertiary alicyclic amines) is 1. The zero-order valence-corrected chi connectivity index (χ0v) is 10.7. The van der Waals surface area contributed by atoms with Crippen LogP contribution in [0.3, 0.4) is 0 Å². The summed E-state index contributed by atoms with van der Waals surface area (Å²) in [5.74, 6) is 0.931. The fourth-order valence-corrected chi connectivity index (χ4v) is 2.53. The van der Waals surface area contributed by atoms with E-state index in [0.29, 0.717) is 6.54 Å². The Bertz CT molecular complexity index is 340. The van der Waals surface area contributed by atoms with E-state index in [1.165, 1.54) is 44.3 Å². The Kier molecular flexibility index (Phi) is 4.57. The average molecular weight is 237 g/mol. The predicted octanol–water partition coefficient (Wildman–Crippen LogP) is 1.86. The first-order valence-electron chi connectivity index (χ1n) is 6.67. The first-order chi connectivity index (χ1) is 8.31. The molecule has 0 saturated carbocycles. The summed E-state index contributed by atoms with van der Waals surface area (Å²) in [5, 5.41) is 4.19. The van der Waals surface area contributed by atoms with E-state index in [1.54, 1.807) is 0 Å². The normalized spacial score (nSPS) is 18.2. The quantitative estimate of drug-likeness (QED) is 0.868. The summed E-state index contributed by atoms with van der Waals surface area (Å²) < 4.78 is 5.29. The Morgan fingerprint density at radius 1 is 1.24 bits per heavy atom. The zero-order chi connectivity index (χ0) is 12.1. The highest BCUT2D eigenvalue weighted by Gasteiger charge is 2.16. The SMILES string of the molecule is Cc1onc(CN2CCCCCC2)c1CCN. The van der Waals surface area contributed by atoms with E-state index < -0.39 is 0 Å². The van der Waals surface area contributed by atoms with Crippen molar-refractivity contribution >= 4 is 0 Å². The fourth-order valence-electron chi connectivity index (χ4n) is 2.53. The van der Waals surface area contributed by atoms with Gasteiger partial charge in [-0.1, -0.05) is 18.0 Å². The second-order valence-corrected chi connectivity index (χ2v) is 4.89. The van der Waals surface area contributed by atoms with Gasteiger partial charge in [0.05, 0.1) is 0 Å².